The van der Waals surface area contributed by atoms with E-state index in [0.717, 1.165) is 43.1 Å². The zero-order valence-corrected chi connectivity index (χ0v) is 27.2. The number of hydrogen-bond acceptors (Lipinski definition) is 2. The smallest absolute Gasteiger partial charge is 0.0465 e. The first-order valence-corrected chi connectivity index (χ1v) is 16.0. The standard InChI is InChI=1S/C39H30Br2N2/c1-39(2)37-25-33(42(29-9-5-3-6-10-29)31-17-13-27(40)14-18-31)21-23-35(37)36-24-22-34(26-38(36)39)43(30-11-7-4-8-12-30)32-19-15-28(41)16-20-32/h3-26H,1-2H3. The minimum Gasteiger partial charge on any atom is -0.310 e. The van der Waals surface area contributed by atoms with E-state index in [0.29, 0.717) is 0 Å². The van der Waals surface area contributed by atoms with Gasteiger partial charge in [-0.25, -0.2) is 0 Å². The quantitative estimate of drug-likeness (QED) is 0.172. The Bertz CT molecular complexity index is 1760. The maximum Gasteiger partial charge on any atom is 0.0465 e. The molecule has 1 aliphatic carbocycles. The Kier molecular flexibility index (Phi) is 7.20. The first-order chi connectivity index (χ1) is 20.9. The topological polar surface area (TPSA) is 6.48 Å². The second-order valence-electron chi connectivity index (χ2n) is 11.4. The summed E-state index contributed by atoms with van der Waals surface area (Å²) in [4.78, 5) is 4.67. The van der Waals surface area contributed by atoms with Gasteiger partial charge in [0.1, 0.15) is 0 Å². The highest BCUT2D eigenvalue weighted by Crippen LogP contribution is 2.52. The molecule has 0 amide bonds. The average Bonchev–Trinajstić information content (AvgIpc) is 3.26. The van der Waals surface area contributed by atoms with E-state index in [1.54, 1.807) is 0 Å². The fourth-order valence-electron chi connectivity index (χ4n) is 6.22. The van der Waals surface area contributed by atoms with Gasteiger partial charge >= 0.3 is 0 Å². The van der Waals surface area contributed by atoms with Crippen molar-refractivity contribution in [3.05, 3.63) is 166 Å². The molecular weight excluding hydrogens is 656 g/mol. The van der Waals surface area contributed by atoms with E-state index >= 15 is 0 Å². The Hall–Kier alpha value is -4.12. The van der Waals surface area contributed by atoms with Gasteiger partial charge in [-0.2, -0.15) is 0 Å². The van der Waals surface area contributed by atoms with Crippen molar-refractivity contribution in [3.63, 3.8) is 0 Å². The molecule has 0 radical (unpaired) electrons. The third kappa shape index (κ3) is 5.09. The lowest BCUT2D eigenvalue weighted by Crippen LogP contribution is -2.17. The summed E-state index contributed by atoms with van der Waals surface area (Å²) in [6, 6.07) is 52.1. The van der Waals surface area contributed by atoms with E-state index in [9.17, 15) is 0 Å². The average molecular weight is 686 g/mol. The summed E-state index contributed by atoms with van der Waals surface area (Å²) < 4.78 is 2.14. The van der Waals surface area contributed by atoms with Gasteiger partial charge in [0.15, 0.2) is 0 Å². The minimum atomic E-state index is -0.180. The fraction of sp³-hybridized carbons (Fsp3) is 0.0769. The van der Waals surface area contributed by atoms with Crippen LogP contribution in [0.2, 0.25) is 0 Å². The summed E-state index contributed by atoms with van der Waals surface area (Å²) in [6.07, 6.45) is 0. The van der Waals surface area contributed by atoms with Gasteiger partial charge in [0.25, 0.3) is 0 Å². The van der Waals surface area contributed by atoms with Crippen LogP contribution in [-0.2, 0) is 5.41 Å². The van der Waals surface area contributed by atoms with Gasteiger partial charge < -0.3 is 9.80 Å². The maximum absolute atomic E-state index is 3.60. The lowest BCUT2D eigenvalue weighted by Gasteiger charge is -2.29. The molecule has 0 unspecified atom stereocenters. The van der Waals surface area contributed by atoms with E-state index in [1.165, 1.54) is 22.3 Å². The summed E-state index contributed by atoms with van der Waals surface area (Å²) in [6.45, 7) is 4.70. The van der Waals surface area contributed by atoms with Crippen LogP contribution in [0, 0.1) is 0 Å². The fourth-order valence-corrected chi connectivity index (χ4v) is 6.75. The highest BCUT2D eigenvalue weighted by molar-refractivity contribution is 9.10. The number of rotatable bonds is 6. The summed E-state index contributed by atoms with van der Waals surface area (Å²) in [5.41, 5.74) is 11.9. The highest BCUT2D eigenvalue weighted by Gasteiger charge is 2.36. The molecule has 0 spiro atoms. The van der Waals surface area contributed by atoms with Crippen molar-refractivity contribution in [1.82, 2.24) is 0 Å². The molecular formula is C39H30Br2N2. The zero-order chi connectivity index (χ0) is 29.6. The summed E-state index contributed by atoms with van der Waals surface area (Å²) in [7, 11) is 0. The van der Waals surface area contributed by atoms with Gasteiger partial charge in [-0.1, -0.05) is 94.2 Å². The number of nitrogens with zero attached hydrogens (tertiary/aromatic N) is 2. The van der Waals surface area contributed by atoms with Crippen molar-refractivity contribution in [2.24, 2.45) is 0 Å². The molecule has 6 aromatic carbocycles. The van der Waals surface area contributed by atoms with E-state index in [4.69, 9.17) is 0 Å². The number of fused-ring (bicyclic) bond motifs is 3. The van der Waals surface area contributed by atoms with E-state index in [2.05, 4.69) is 201 Å². The van der Waals surface area contributed by atoms with Gasteiger partial charge in [-0.05, 0) is 119 Å². The van der Waals surface area contributed by atoms with E-state index in [1.807, 2.05) is 0 Å². The van der Waals surface area contributed by atoms with Crippen molar-refractivity contribution in [1.29, 1.82) is 0 Å². The number of halogens is 2. The largest absolute Gasteiger partial charge is 0.310 e. The molecule has 0 N–H and O–H groups in total. The van der Waals surface area contributed by atoms with Gasteiger partial charge in [0.05, 0.1) is 0 Å². The molecule has 0 heterocycles. The first-order valence-electron chi connectivity index (χ1n) is 14.4. The Balaban J connectivity index is 1.33. The molecule has 0 aromatic heterocycles. The summed E-state index contributed by atoms with van der Waals surface area (Å²) in [5.74, 6) is 0. The third-order valence-electron chi connectivity index (χ3n) is 8.36. The zero-order valence-electron chi connectivity index (χ0n) is 24.0. The van der Waals surface area contributed by atoms with Crippen molar-refractivity contribution >= 4 is 66.0 Å². The summed E-state index contributed by atoms with van der Waals surface area (Å²) in [5, 5.41) is 0. The van der Waals surface area contributed by atoms with Crippen LogP contribution in [0.25, 0.3) is 11.1 Å². The Morgan fingerprint density at radius 2 is 0.721 bits per heavy atom. The van der Waals surface area contributed by atoms with Gasteiger partial charge in [0, 0.05) is 48.5 Å². The molecule has 2 nitrogen and oxygen atoms in total. The van der Waals surface area contributed by atoms with Crippen molar-refractivity contribution < 1.29 is 0 Å². The van der Waals surface area contributed by atoms with Crippen LogP contribution in [0.5, 0.6) is 0 Å². The minimum absolute atomic E-state index is 0.180. The van der Waals surface area contributed by atoms with Crippen LogP contribution in [0.1, 0.15) is 25.0 Å². The summed E-state index contributed by atoms with van der Waals surface area (Å²) >= 11 is 7.21. The van der Waals surface area contributed by atoms with Crippen LogP contribution >= 0.6 is 31.9 Å². The molecule has 0 saturated heterocycles. The Labute approximate surface area is 270 Å². The van der Waals surface area contributed by atoms with Crippen LogP contribution in [0.15, 0.2) is 155 Å². The molecule has 43 heavy (non-hydrogen) atoms. The van der Waals surface area contributed by atoms with E-state index < -0.39 is 0 Å². The van der Waals surface area contributed by atoms with Crippen LogP contribution in [0.4, 0.5) is 34.1 Å². The van der Waals surface area contributed by atoms with E-state index in [-0.39, 0.29) is 5.41 Å². The van der Waals surface area contributed by atoms with Gasteiger partial charge in [-0.3, -0.25) is 0 Å². The SMILES string of the molecule is CC1(C)c2cc(N(c3ccccc3)c3ccc(Br)cc3)ccc2-c2ccc(N(c3ccccc3)c3ccc(Br)cc3)cc21. The predicted octanol–water partition coefficient (Wildman–Crippen LogP) is 12.5. The molecule has 0 fully saturated rings. The molecule has 210 valence electrons. The lowest BCUT2D eigenvalue weighted by molar-refractivity contribution is 0.660. The highest BCUT2D eigenvalue weighted by atomic mass is 79.9. The second-order valence-corrected chi connectivity index (χ2v) is 13.2. The molecule has 0 atom stereocenters. The number of para-hydroxylation sites is 2. The monoisotopic (exact) mass is 684 g/mol. The van der Waals surface area contributed by atoms with Crippen LogP contribution in [0.3, 0.4) is 0 Å². The normalized spacial score (nSPS) is 12.8. The molecule has 0 saturated carbocycles. The molecule has 7 rings (SSSR count). The number of hydrogen-bond donors (Lipinski definition) is 0. The van der Waals surface area contributed by atoms with Crippen LogP contribution in [-0.4, -0.2) is 0 Å². The van der Waals surface area contributed by atoms with Crippen LogP contribution < -0.4 is 9.80 Å². The van der Waals surface area contributed by atoms with Gasteiger partial charge in [0.2, 0.25) is 0 Å². The van der Waals surface area contributed by atoms with Crippen molar-refractivity contribution in [2.45, 2.75) is 19.3 Å². The number of anilines is 6. The Morgan fingerprint density at radius 3 is 1.09 bits per heavy atom. The van der Waals surface area contributed by atoms with Crippen molar-refractivity contribution in [3.8, 4) is 11.1 Å². The molecule has 0 bridgehead atoms. The first kappa shape index (κ1) is 27.7. The Morgan fingerprint density at radius 1 is 0.395 bits per heavy atom. The number of benzene rings is 6. The molecule has 0 aliphatic heterocycles. The maximum atomic E-state index is 3.60. The van der Waals surface area contributed by atoms with Crippen molar-refractivity contribution in [2.75, 3.05) is 9.80 Å². The molecule has 4 heteroatoms. The lowest BCUT2D eigenvalue weighted by atomic mass is 9.82. The molecule has 1 aliphatic rings. The van der Waals surface area contributed by atoms with Gasteiger partial charge in [-0.15, -0.1) is 0 Å². The third-order valence-corrected chi connectivity index (χ3v) is 9.42. The predicted molar refractivity (Wildman–Crippen MR) is 189 cm³/mol. The molecule has 6 aromatic rings. The second kappa shape index (κ2) is 11.2.